The van der Waals surface area contributed by atoms with Crippen LogP contribution in [-0.2, 0) is 0 Å². The summed E-state index contributed by atoms with van der Waals surface area (Å²) in [5.74, 6) is 0. The Kier molecular flexibility index (Phi) is 2.53. The molecule has 4 aromatic rings. The van der Waals surface area contributed by atoms with Crippen LogP contribution in [-0.4, -0.2) is 0 Å². The van der Waals surface area contributed by atoms with Crippen molar-refractivity contribution < 1.29 is 0 Å². The topological polar surface area (TPSA) is 0 Å². The highest BCUT2D eigenvalue weighted by atomic mass is 14.1. The van der Waals surface area contributed by atoms with Crippen LogP contribution in [0.15, 0.2) is 78.9 Å². The molecule has 0 aliphatic heterocycles. The van der Waals surface area contributed by atoms with E-state index in [-0.39, 0.29) is 0 Å². The Hall–Kier alpha value is -2.60. The zero-order chi connectivity index (χ0) is 13.4. The molecule has 0 nitrogen and oxygen atoms in total. The predicted octanol–water partition coefficient (Wildman–Crippen LogP) is 5.46. The van der Waals surface area contributed by atoms with Crippen LogP contribution in [0.3, 0.4) is 0 Å². The maximum atomic E-state index is 3.12. The first-order valence-corrected chi connectivity index (χ1v) is 6.80. The molecular formula is C20H13. The summed E-state index contributed by atoms with van der Waals surface area (Å²) in [6.07, 6.45) is 0. The Morgan fingerprint density at radius 2 is 1.55 bits per heavy atom. The summed E-state index contributed by atoms with van der Waals surface area (Å²) >= 11 is 0. The van der Waals surface area contributed by atoms with E-state index in [4.69, 9.17) is 0 Å². The second-order valence-electron chi connectivity index (χ2n) is 5.01. The van der Waals surface area contributed by atoms with E-state index in [0.29, 0.717) is 0 Å². The molecular weight excluding hydrogens is 240 g/mol. The smallest absolute Gasteiger partial charge is 0.0105 e. The fraction of sp³-hybridized carbons (Fsp3) is 0. The van der Waals surface area contributed by atoms with Crippen LogP contribution in [0.4, 0.5) is 0 Å². The van der Waals surface area contributed by atoms with Crippen LogP contribution >= 0.6 is 0 Å². The molecule has 0 heteroatoms. The fourth-order valence-corrected chi connectivity index (χ4v) is 2.77. The first kappa shape index (κ1) is 11.2. The monoisotopic (exact) mass is 253 g/mol. The molecule has 93 valence electrons. The molecule has 0 heterocycles. The van der Waals surface area contributed by atoms with Crippen LogP contribution in [0.5, 0.6) is 0 Å². The summed E-state index contributed by atoms with van der Waals surface area (Å²) in [4.78, 5) is 0. The van der Waals surface area contributed by atoms with E-state index in [1.165, 1.54) is 32.7 Å². The van der Waals surface area contributed by atoms with Crippen LogP contribution in [0.25, 0.3) is 32.7 Å². The zero-order valence-electron chi connectivity index (χ0n) is 11.0. The van der Waals surface area contributed by atoms with Gasteiger partial charge in [-0.15, -0.1) is 0 Å². The van der Waals surface area contributed by atoms with Gasteiger partial charge < -0.3 is 0 Å². The van der Waals surface area contributed by atoms with Crippen molar-refractivity contribution >= 4 is 21.5 Å². The van der Waals surface area contributed by atoms with E-state index in [9.17, 15) is 0 Å². The molecule has 4 rings (SSSR count). The molecule has 0 amide bonds. The minimum Gasteiger partial charge on any atom is -0.0616 e. The maximum Gasteiger partial charge on any atom is -0.0105 e. The zero-order valence-corrected chi connectivity index (χ0v) is 11.0. The van der Waals surface area contributed by atoms with Gasteiger partial charge in [-0.2, -0.15) is 0 Å². The molecule has 0 aliphatic rings. The first-order chi connectivity index (χ1) is 9.92. The Bertz CT molecular complexity index is 898. The van der Waals surface area contributed by atoms with Gasteiger partial charge in [0.05, 0.1) is 0 Å². The van der Waals surface area contributed by atoms with Gasteiger partial charge >= 0.3 is 0 Å². The van der Waals surface area contributed by atoms with Gasteiger partial charge in [-0.05, 0) is 50.9 Å². The normalized spacial score (nSPS) is 11.0. The highest BCUT2D eigenvalue weighted by Gasteiger charge is 2.03. The minimum absolute atomic E-state index is 1.23. The summed E-state index contributed by atoms with van der Waals surface area (Å²) < 4.78 is 0. The summed E-state index contributed by atoms with van der Waals surface area (Å²) in [5, 5.41) is 5.08. The lowest BCUT2D eigenvalue weighted by atomic mass is 9.96. The molecule has 0 atom stereocenters. The number of hydrogen-bond acceptors (Lipinski definition) is 0. The first-order valence-electron chi connectivity index (χ1n) is 6.80. The molecule has 0 unspecified atom stereocenters. The number of benzene rings is 4. The Labute approximate surface area is 118 Å². The van der Waals surface area contributed by atoms with Crippen molar-refractivity contribution in [2.24, 2.45) is 0 Å². The van der Waals surface area contributed by atoms with Crippen LogP contribution in [0, 0.1) is 6.07 Å². The molecule has 0 bridgehead atoms. The number of rotatable bonds is 1. The Morgan fingerprint density at radius 3 is 2.55 bits per heavy atom. The van der Waals surface area contributed by atoms with Gasteiger partial charge in [-0.1, -0.05) is 66.7 Å². The lowest BCUT2D eigenvalue weighted by Gasteiger charge is -2.08. The third-order valence-electron chi connectivity index (χ3n) is 3.79. The largest absolute Gasteiger partial charge is 0.0616 e. The van der Waals surface area contributed by atoms with Gasteiger partial charge in [0.25, 0.3) is 0 Å². The SMILES string of the molecule is [c]1ccc2cc(-c3cccc4ccccc34)ccc2c1. The molecule has 1 radical (unpaired) electrons. The van der Waals surface area contributed by atoms with Crippen molar-refractivity contribution in [3.8, 4) is 11.1 Å². The summed E-state index contributed by atoms with van der Waals surface area (Å²) in [6, 6.07) is 30.9. The molecule has 0 aliphatic carbocycles. The molecule has 20 heavy (non-hydrogen) atoms. The van der Waals surface area contributed by atoms with Gasteiger partial charge in [0.15, 0.2) is 0 Å². The van der Waals surface area contributed by atoms with Crippen LogP contribution in [0.2, 0.25) is 0 Å². The second kappa shape index (κ2) is 4.50. The highest BCUT2D eigenvalue weighted by Crippen LogP contribution is 2.30. The second-order valence-corrected chi connectivity index (χ2v) is 5.01. The van der Waals surface area contributed by atoms with E-state index in [2.05, 4.69) is 72.8 Å². The summed E-state index contributed by atoms with van der Waals surface area (Å²) in [6.45, 7) is 0. The fourth-order valence-electron chi connectivity index (χ4n) is 2.77. The standard InChI is InChI=1S/C20H13/c1-2-8-17-14-18(13-12-15(17)6-1)20-11-5-9-16-7-3-4-10-19(16)20/h2-14H. The average Bonchev–Trinajstić information content (AvgIpc) is 2.54. The van der Waals surface area contributed by atoms with Gasteiger partial charge in [0, 0.05) is 0 Å². The molecule has 0 saturated carbocycles. The quantitative estimate of drug-likeness (QED) is 0.422. The maximum absolute atomic E-state index is 3.12. The predicted molar refractivity (Wildman–Crippen MR) is 85.7 cm³/mol. The molecule has 0 fully saturated rings. The third-order valence-corrected chi connectivity index (χ3v) is 3.79. The molecule has 4 aromatic carbocycles. The molecule has 0 aromatic heterocycles. The lowest BCUT2D eigenvalue weighted by Crippen LogP contribution is -1.82. The molecule has 0 spiro atoms. The van der Waals surface area contributed by atoms with Crippen molar-refractivity contribution in [2.45, 2.75) is 0 Å². The molecule has 0 N–H and O–H groups in total. The average molecular weight is 253 g/mol. The minimum atomic E-state index is 1.23. The Balaban J connectivity index is 2.01. The third kappa shape index (κ3) is 1.78. The van der Waals surface area contributed by atoms with Gasteiger partial charge in [0.2, 0.25) is 0 Å². The van der Waals surface area contributed by atoms with E-state index < -0.39 is 0 Å². The Morgan fingerprint density at radius 1 is 0.650 bits per heavy atom. The summed E-state index contributed by atoms with van der Waals surface area (Å²) in [7, 11) is 0. The van der Waals surface area contributed by atoms with Gasteiger partial charge in [-0.3, -0.25) is 0 Å². The summed E-state index contributed by atoms with van der Waals surface area (Å²) in [5.41, 5.74) is 2.55. The van der Waals surface area contributed by atoms with Gasteiger partial charge in [-0.25, -0.2) is 0 Å². The van der Waals surface area contributed by atoms with Crippen molar-refractivity contribution in [3.63, 3.8) is 0 Å². The van der Waals surface area contributed by atoms with Gasteiger partial charge in [0.1, 0.15) is 0 Å². The van der Waals surface area contributed by atoms with E-state index in [0.717, 1.165) is 0 Å². The number of fused-ring (bicyclic) bond motifs is 2. The van der Waals surface area contributed by atoms with Crippen LogP contribution in [0.1, 0.15) is 0 Å². The number of hydrogen-bond donors (Lipinski definition) is 0. The molecule has 0 saturated heterocycles. The highest BCUT2D eigenvalue weighted by molar-refractivity contribution is 5.98. The van der Waals surface area contributed by atoms with E-state index in [1.807, 2.05) is 12.1 Å². The lowest BCUT2D eigenvalue weighted by molar-refractivity contribution is 1.67. The van der Waals surface area contributed by atoms with E-state index in [1.54, 1.807) is 0 Å². The van der Waals surface area contributed by atoms with Crippen molar-refractivity contribution in [1.82, 2.24) is 0 Å². The van der Waals surface area contributed by atoms with Crippen molar-refractivity contribution in [1.29, 1.82) is 0 Å². The van der Waals surface area contributed by atoms with Crippen LogP contribution < -0.4 is 0 Å². The van der Waals surface area contributed by atoms with Crippen molar-refractivity contribution in [3.05, 3.63) is 84.9 Å². The van der Waals surface area contributed by atoms with Crippen molar-refractivity contribution in [2.75, 3.05) is 0 Å². The van der Waals surface area contributed by atoms with E-state index >= 15 is 0 Å².